The Morgan fingerprint density at radius 2 is 1.56 bits per heavy atom. The van der Waals surface area contributed by atoms with Gasteiger partial charge in [0.15, 0.2) is 11.6 Å². The van der Waals surface area contributed by atoms with Crippen LogP contribution in [0.2, 0.25) is 0 Å². The van der Waals surface area contributed by atoms with E-state index < -0.39 is 11.6 Å². The molecule has 0 saturated heterocycles. The summed E-state index contributed by atoms with van der Waals surface area (Å²) in [6.45, 7) is 4.91. The highest BCUT2D eigenvalue weighted by Gasteiger charge is 2.30. The van der Waals surface area contributed by atoms with Gasteiger partial charge < -0.3 is 4.74 Å². The minimum Gasteiger partial charge on any atom is -0.490 e. The maximum absolute atomic E-state index is 14.3. The van der Waals surface area contributed by atoms with Crippen LogP contribution in [0.3, 0.4) is 0 Å². The zero-order valence-electron chi connectivity index (χ0n) is 16.8. The van der Waals surface area contributed by atoms with Crippen LogP contribution in [-0.2, 0) is 0 Å². The molecule has 2 saturated carbocycles. The highest BCUT2D eigenvalue weighted by atomic mass is 32.2. The van der Waals surface area contributed by atoms with E-state index in [1.165, 1.54) is 50.3 Å². The Bertz CT molecular complexity index is 590. The molecular formula is C23H34F2OS. The Morgan fingerprint density at radius 3 is 2.19 bits per heavy atom. The molecule has 0 spiro atoms. The zero-order valence-corrected chi connectivity index (χ0v) is 17.6. The van der Waals surface area contributed by atoms with E-state index in [1.54, 1.807) is 12.1 Å². The monoisotopic (exact) mass is 396 g/mol. The van der Waals surface area contributed by atoms with Crippen molar-refractivity contribution in [1.82, 2.24) is 0 Å². The molecule has 0 atom stereocenters. The Hall–Kier alpha value is -0.770. The van der Waals surface area contributed by atoms with E-state index in [4.69, 9.17) is 4.74 Å². The van der Waals surface area contributed by atoms with E-state index in [0.717, 1.165) is 42.8 Å². The van der Waals surface area contributed by atoms with E-state index in [1.807, 2.05) is 6.92 Å². The van der Waals surface area contributed by atoms with Crippen LogP contribution >= 0.6 is 11.8 Å². The fourth-order valence-corrected chi connectivity index (χ4v) is 5.54. The third-order valence-electron chi connectivity index (χ3n) is 6.57. The first-order chi connectivity index (χ1) is 13.1. The smallest absolute Gasteiger partial charge is 0.201 e. The molecule has 0 aliphatic heterocycles. The molecule has 27 heavy (non-hydrogen) atoms. The van der Waals surface area contributed by atoms with Crippen LogP contribution in [0.1, 0.15) is 71.6 Å². The molecule has 2 fully saturated rings. The first-order valence-electron chi connectivity index (χ1n) is 10.8. The predicted molar refractivity (Wildman–Crippen MR) is 109 cm³/mol. The second-order valence-electron chi connectivity index (χ2n) is 8.65. The molecule has 4 heteroatoms. The maximum atomic E-state index is 14.3. The summed E-state index contributed by atoms with van der Waals surface area (Å²) in [6, 6.07) is 3.24. The molecule has 0 heterocycles. The van der Waals surface area contributed by atoms with Crippen LogP contribution in [0, 0.1) is 35.3 Å². The normalized spacial score (nSPS) is 28.9. The van der Waals surface area contributed by atoms with Crippen molar-refractivity contribution in [2.24, 2.45) is 23.7 Å². The average Bonchev–Trinajstić information content (AvgIpc) is 2.69. The summed E-state index contributed by atoms with van der Waals surface area (Å²) in [7, 11) is 0. The van der Waals surface area contributed by atoms with Gasteiger partial charge in [-0.2, -0.15) is 4.39 Å². The quantitative estimate of drug-likeness (QED) is 0.442. The van der Waals surface area contributed by atoms with Crippen LogP contribution in [0.5, 0.6) is 5.75 Å². The minimum atomic E-state index is -0.832. The Kier molecular flexibility index (Phi) is 7.86. The summed E-state index contributed by atoms with van der Waals surface area (Å²) in [5.74, 6) is 2.44. The highest BCUT2D eigenvalue weighted by molar-refractivity contribution is 7.99. The minimum absolute atomic E-state index is 0.0664. The lowest BCUT2D eigenvalue weighted by molar-refractivity contribution is 0.124. The number of hydrogen-bond acceptors (Lipinski definition) is 2. The van der Waals surface area contributed by atoms with Crippen LogP contribution in [-0.4, -0.2) is 12.4 Å². The van der Waals surface area contributed by atoms with Gasteiger partial charge >= 0.3 is 0 Å². The molecule has 2 aliphatic carbocycles. The zero-order chi connectivity index (χ0) is 19.2. The van der Waals surface area contributed by atoms with Gasteiger partial charge in [-0.1, -0.05) is 26.7 Å². The Labute approximate surface area is 167 Å². The van der Waals surface area contributed by atoms with Crippen molar-refractivity contribution in [3.8, 4) is 5.75 Å². The fraction of sp³-hybridized carbons (Fsp3) is 0.739. The van der Waals surface area contributed by atoms with Gasteiger partial charge in [0.25, 0.3) is 0 Å². The van der Waals surface area contributed by atoms with Gasteiger partial charge in [0.05, 0.1) is 6.61 Å². The molecule has 0 unspecified atom stereocenters. The molecule has 1 aromatic rings. The fourth-order valence-electron chi connectivity index (χ4n) is 4.74. The predicted octanol–water partition coefficient (Wildman–Crippen LogP) is 7.48. The Morgan fingerprint density at radius 1 is 0.926 bits per heavy atom. The molecule has 0 radical (unpaired) electrons. The van der Waals surface area contributed by atoms with Crippen molar-refractivity contribution in [1.29, 1.82) is 0 Å². The summed E-state index contributed by atoms with van der Waals surface area (Å²) in [5, 5.41) is 0. The average molecular weight is 397 g/mol. The van der Waals surface area contributed by atoms with E-state index in [0.29, 0.717) is 17.4 Å². The molecule has 1 aromatic carbocycles. The molecule has 1 nitrogen and oxygen atoms in total. The van der Waals surface area contributed by atoms with Crippen molar-refractivity contribution in [3.05, 3.63) is 23.8 Å². The molecular weight excluding hydrogens is 362 g/mol. The van der Waals surface area contributed by atoms with E-state index in [-0.39, 0.29) is 5.75 Å². The lowest BCUT2D eigenvalue weighted by Crippen LogP contribution is -2.27. The molecule has 0 amide bonds. The van der Waals surface area contributed by atoms with Gasteiger partial charge in [0.1, 0.15) is 0 Å². The van der Waals surface area contributed by atoms with Crippen molar-refractivity contribution < 1.29 is 13.5 Å². The number of rotatable bonds is 7. The molecule has 0 N–H and O–H groups in total. The van der Waals surface area contributed by atoms with Gasteiger partial charge in [-0.3, -0.25) is 0 Å². The lowest BCUT2D eigenvalue weighted by Gasteiger charge is -2.37. The van der Waals surface area contributed by atoms with Crippen LogP contribution in [0.4, 0.5) is 8.78 Å². The van der Waals surface area contributed by atoms with E-state index in [2.05, 4.69) is 6.92 Å². The number of halogens is 2. The number of benzene rings is 1. The van der Waals surface area contributed by atoms with Gasteiger partial charge in [0.2, 0.25) is 5.82 Å². The molecule has 3 rings (SSSR count). The lowest BCUT2D eigenvalue weighted by atomic mass is 9.69. The molecule has 0 bridgehead atoms. The van der Waals surface area contributed by atoms with Crippen LogP contribution in [0.15, 0.2) is 17.0 Å². The number of ether oxygens (including phenoxy) is 1. The van der Waals surface area contributed by atoms with Crippen LogP contribution < -0.4 is 4.74 Å². The number of hydrogen-bond donors (Lipinski definition) is 0. The van der Waals surface area contributed by atoms with E-state index in [9.17, 15) is 8.78 Å². The van der Waals surface area contributed by atoms with Crippen molar-refractivity contribution in [3.63, 3.8) is 0 Å². The first-order valence-corrected chi connectivity index (χ1v) is 11.8. The highest BCUT2D eigenvalue weighted by Crippen LogP contribution is 2.41. The third-order valence-corrected chi connectivity index (χ3v) is 7.80. The largest absolute Gasteiger partial charge is 0.490 e. The summed E-state index contributed by atoms with van der Waals surface area (Å²) in [6.07, 6.45) is 11.4. The summed E-state index contributed by atoms with van der Waals surface area (Å²) in [5.41, 5.74) is 0. The van der Waals surface area contributed by atoms with Gasteiger partial charge in [-0.25, -0.2) is 4.39 Å². The Balaban J connectivity index is 1.45. The summed E-state index contributed by atoms with van der Waals surface area (Å²) >= 11 is 1.36. The van der Waals surface area contributed by atoms with Crippen molar-refractivity contribution >= 4 is 11.8 Å². The van der Waals surface area contributed by atoms with Crippen LogP contribution in [0.25, 0.3) is 0 Å². The molecule has 152 valence electrons. The first kappa shape index (κ1) is 21.0. The van der Waals surface area contributed by atoms with Gasteiger partial charge in [-0.15, -0.1) is 11.8 Å². The molecule has 2 aliphatic rings. The SMILES string of the molecule is CCCSc1ccc(OCC2CCC(C3CCC(C)CC3)CC2)c(F)c1F. The van der Waals surface area contributed by atoms with Crippen molar-refractivity contribution in [2.45, 2.75) is 76.5 Å². The second kappa shape index (κ2) is 10.1. The topological polar surface area (TPSA) is 9.23 Å². The third kappa shape index (κ3) is 5.62. The van der Waals surface area contributed by atoms with E-state index >= 15 is 0 Å². The maximum Gasteiger partial charge on any atom is 0.201 e. The van der Waals surface area contributed by atoms with Crippen molar-refractivity contribution in [2.75, 3.05) is 12.4 Å². The van der Waals surface area contributed by atoms with Gasteiger partial charge in [-0.05, 0) is 86.5 Å². The second-order valence-corrected chi connectivity index (χ2v) is 9.79. The number of thioether (sulfide) groups is 1. The summed E-state index contributed by atoms with van der Waals surface area (Å²) < 4.78 is 34.1. The summed E-state index contributed by atoms with van der Waals surface area (Å²) in [4.78, 5) is 0.379. The van der Waals surface area contributed by atoms with Gasteiger partial charge in [0, 0.05) is 4.90 Å². The standard InChI is InChI=1S/C23H34F2OS/c1-3-14-27-21-13-12-20(22(24)23(21)25)26-15-17-6-10-19(11-7-17)18-8-4-16(2)5-9-18/h12-13,16-19H,3-11,14-15H2,1-2H3. The molecule has 0 aromatic heterocycles.